The van der Waals surface area contributed by atoms with Gasteiger partial charge in [-0.15, -0.1) is 5.10 Å². The molecule has 2 heterocycles. The summed E-state index contributed by atoms with van der Waals surface area (Å²) in [6.07, 6.45) is 4.13. The van der Waals surface area contributed by atoms with E-state index < -0.39 is 0 Å². The van der Waals surface area contributed by atoms with Gasteiger partial charge in [0.05, 0.1) is 11.4 Å². The molecule has 0 aromatic carbocycles. The summed E-state index contributed by atoms with van der Waals surface area (Å²) in [5.41, 5.74) is 2.12. The fraction of sp³-hybridized carbons (Fsp3) is 0.800. The molecule has 1 aliphatic rings. The zero-order valence-corrected chi connectivity index (χ0v) is 12.9. The molecule has 1 fully saturated rings. The van der Waals surface area contributed by atoms with Crippen LogP contribution in [-0.2, 0) is 17.6 Å². The van der Waals surface area contributed by atoms with Crippen LogP contribution in [0.5, 0.6) is 0 Å². The topological polar surface area (TPSA) is 51.1 Å². The van der Waals surface area contributed by atoms with E-state index in [2.05, 4.69) is 35.9 Å². The maximum atomic E-state index is 5.52. The highest BCUT2D eigenvalue weighted by Gasteiger charge is 2.21. The quantitative estimate of drug-likeness (QED) is 0.799. The van der Waals surface area contributed by atoms with Gasteiger partial charge in [-0.3, -0.25) is 0 Å². The van der Waals surface area contributed by atoms with E-state index in [-0.39, 0.29) is 0 Å². The van der Waals surface area contributed by atoms with E-state index in [1.54, 1.807) is 0 Å². The summed E-state index contributed by atoms with van der Waals surface area (Å²) in [5.74, 6) is 1.48. The number of aromatic nitrogens is 3. The molecule has 0 amide bonds. The van der Waals surface area contributed by atoms with E-state index in [9.17, 15) is 0 Å². The second-order valence-electron chi connectivity index (χ2n) is 5.30. The number of aryl methyl sites for hydroxylation is 2. The van der Waals surface area contributed by atoms with Crippen LogP contribution < -0.4 is 4.90 Å². The third-order valence-electron chi connectivity index (χ3n) is 3.95. The maximum Gasteiger partial charge on any atom is 0.245 e. The van der Waals surface area contributed by atoms with E-state index in [0.717, 1.165) is 69.3 Å². The summed E-state index contributed by atoms with van der Waals surface area (Å²) in [7, 11) is 0. The molecule has 1 saturated heterocycles. The van der Waals surface area contributed by atoms with E-state index in [4.69, 9.17) is 9.72 Å². The number of rotatable bonds is 6. The smallest absolute Gasteiger partial charge is 0.245 e. The zero-order valence-electron chi connectivity index (χ0n) is 12.9. The lowest BCUT2D eigenvalue weighted by Gasteiger charge is -2.31. The second kappa shape index (κ2) is 7.53. The van der Waals surface area contributed by atoms with Crippen molar-refractivity contribution in [2.75, 3.05) is 31.2 Å². The van der Waals surface area contributed by atoms with Gasteiger partial charge in [-0.25, -0.2) is 4.98 Å². The van der Waals surface area contributed by atoms with Crippen LogP contribution in [-0.4, -0.2) is 41.5 Å². The fourth-order valence-corrected chi connectivity index (χ4v) is 2.65. The molecule has 1 aromatic heterocycles. The number of anilines is 1. The van der Waals surface area contributed by atoms with Gasteiger partial charge in [-0.1, -0.05) is 13.8 Å². The minimum atomic E-state index is 0.680. The largest absolute Gasteiger partial charge is 0.381 e. The van der Waals surface area contributed by atoms with Crippen LogP contribution >= 0.6 is 0 Å². The monoisotopic (exact) mass is 278 g/mol. The highest BCUT2D eigenvalue weighted by Crippen LogP contribution is 2.21. The van der Waals surface area contributed by atoms with Crippen LogP contribution in [0.1, 0.15) is 45.0 Å². The predicted octanol–water partition coefficient (Wildman–Crippen LogP) is 2.25. The van der Waals surface area contributed by atoms with Crippen LogP contribution in [0, 0.1) is 5.92 Å². The molecule has 0 aliphatic carbocycles. The van der Waals surface area contributed by atoms with E-state index in [1.807, 2.05) is 0 Å². The van der Waals surface area contributed by atoms with Crippen molar-refractivity contribution in [2.24, 2.45) is 5.92 Å². The standard InChI is InChI=1S/C15H26N4O/c1-4-13-14(5-2)17-18-15(16-13)19-9-7-12(8-10-19)11-20-6-3/h12H,4-11H2,1-3H3. The van der Waals surface area contributed by atoms with Gasteiger partial charge in [0.25, 0.3) is 0 Å². The minimum Gasteiger partial charge on any atom is -0.381 e. The first-order valence-corrected chi connectivity index (χ1v) is 7.83. The Hall–Kier alpha value is -1.23. The van der Waals surface area contributed by atoms with Crippen molar-refractivity contribution < 1.29 is 4.74 Å². The van der Waals surface area contributed by atoms with E-state index >= 15 is 0 Å². The molecule has 0 bridgehead atoms. The number of nitrogens with zero attached hydrogens (tertiary/aromatic N) is 4. The summed E-state index contributed by atoms with van der Waals surface area (Å²) in [6, 6.07) is 0. The number of hydrogen-bond acceptors (Lipinski definition) is 5. The van der Waals surface area contributed by atoms with Gasteiger partial charge in [-0.2, -0.15) is 5.10 Å². The van der Waals surface area contributed by atoms with Crippen LogP contribution in [0.3, 0.4) is 0 Å². The highest BCUT2D eigenvalue weighted by atomic mass is 16.5. The van der Waals surface area contributed by atoms with Crippen molar-refractivity contribution in [3.8, 4) is 0 Å². The molecule has 1 aromatic rings. The molecular weight excluding hydrogens is 252 g/mol. The molecule has 0 spiro atoms. The molecule has 0 radical (unpaired) electrons. The lowest BCUT2D eigenvalue weighted by atomic mass is 9.98. The average Bonchev–Trinajstić information content (AvgIpc) is 2.52. The van der Waals surface area contributed by atoms with Gasteiger partial charge < -0.3 is 9.64 Å². The Morgan fingerprint density at radius 2 is 1.75 bits per heavy atom. The normalized spacial score (nSPS) is 16.6. The molecule has 0 atom stereocenters. The number of ether oxygens (including phenoxy) is 1. The van der Waals surface area contributed by atoms with Crippen molar-refractivity contribution in [3.05, 3.63) is 11.4 Å². The maximum absolute atomic E-state index is 5.52. The van der Waals surface area contributed by atoms with Gasteiger partial charge in [0.2, 0.25) is 5.95 Å². The first-order valence-electron chi connectivity index (χ1n) is 7.83. The van der Waals surface area contributed by atoms with Gasteiger partial charge in [-0.05, 0) is 38.5 Å². The molecular formula is C15H26N4O. The zero-order chi connectivity index (χ0) is 14.4. The molecule has 112 valence electrons. The third kappa shape index (κ3) is 3.66. The Morgan fingerprint density at radius 3 is 2.35 bits per heavy atom. The second-order valence-corrected chi connectivity index (χ2v) is 5.30. The average molecular weight is 278 g/mol. The van der Waals surface area contributed by atoms with Crippen molar-refractivity contribution in [3.63, 3.8) is 0 Å². The molecule has 0 unspecified atom stereocenters. The van der Waals surface area contributed by atoms with E-state index in [1.165, 1.54) is 0 Å². The van der Waals surface area contributed by atoms with Gasteiger partial charge in [0, 0.05) is 26.3 Å². The molecule has 0 N–H and O–H groups in total. The highest BCUT2D eigenvalue weighted by molar-refractivity contribution is 5.31. The summed E-state index contributed by atoms with van der Waals surface area (Å²) < 4.78 is 5.52. The first-order chi connectivity index (χ1) is 9.78. The summed E-state index contributed by atoms with van der Waals surface area (Å²) in [5, 5.41) is 8.64. The Balaban J connectivity index is 1.96. The molecule has 2 rings (SSSR count). The molecule has 1 aliphatic heterocycles. The van der Waals surface area contributed by atoms with Crippen LogP contribution in [0.2, 0.25) is 0 Å². The minimum absolute atomic E-state index is 0.680. The van der Waals surface area contributed by atoms with Crippen molar-refractivity contribution in [1.82, 2.24) is 15.2 Å². The number of piperidine rings is 1. The summed E-state index contributed by atoms with van der Waals surface area (Å²) in [4.78, 5) is 6.95. The van der Waals surface area contributed by atoms with Crippen molar-refractivity contribution in [1.29, 1.82) is 0 Å². The fourth-order valence-electron chi connectivity index (χ4n) is 2.65. The van der Waals surface area contributed by atoms with Crippen LogP contribution in [0.4, 0.5) is 5.95 Å². The van der Waals surface area contributed by atoms with Crippen molar-refractivity contribution >= 4 is 5.95 Å². The SMILES string of the molecule is CCOCC1CCN(c2nnc(CC)c(CC)n2)CC1. The molecule has 0 saturated carbocycles. The summed E-state index contributed by atoms with van der Waals surface area (Å²) >= 11 is 0. The lowest BCUT2D eigenvalue weighted by Crippen LogP contribution is -2.36. The Morgan fingerprint density at radius 1 is 1.05 bits per heavy atom. The van der Waals surface area contributed by atoms with Crippen LogP contribution in [0.15, 0.2) is 0 Å². The van der Waals surface area contributed by atoms with Crippen LogP contribution in [0.25, 0.3) is 0 Å². The Labute approximate surface area is 121 Å². The summed E-state index contributed by atoms with van der Waals surface area (Å²) in [6.45, 7) is 9.99. The molecule has 20 heavy (non-hydrogen) atoms. The Kier molecular flexibility index (Phi) is 5.71. The Bertz CT molecular complexity index is 416. The van der Waals surface area contributed by atoms with Gasteiger partial charge >= 0.3 is 0 Å². The predicted molar refractivity (Wildman–Crippen MR) is 80.0 cm³/mol. The lowest BCUT2D eigenvalue weighted by molar-refractivity contribution is 0.100. The van der Waals surface area contributed by atoms with E-state index in [0.29, 0.717) is 5.92 Å². The number of hydrogen-bond donors (Lipinski definition) is 0. The first kappa shape index (κ1) is 15.2. The molecule has 5 nitrogen and oxygen atoms in total. The molecule has 5 heteroatoms. The third-order valence-corrected chi connectivity index (χ3v) is 3.95. The van der Waals surface area contributed by atoms with Gasteiger partial charge in [0.15, 0.2) is 0 Å². The van der Waals surface area contributed by atoms with Crippen molar-refractivity contribution in [2.45, 2.75) is 46.5 Å². The van der Waals surface area contributed by atoms with Gasteiger partial charge in [0.1, 0.15) is 0 Å².